The highest BCUT2D eigenvalue weighted by molar-refractivity contribution is 7.89. The number of piperidine rings is 2. The molecule has 0 aliphatic carbocycles. The van der Waals surface area contributed by atoms with Crippen LogP contribution in [0.4, 0.5) is 5.69 Å². The first kappa shape index (κ1) is 25.5. The molecule has 2 heterocycles. The van der Waals surface area contributed by atoms with E-state index in [0.717, 1.165) is 51.6 Å². The van der Waals surface area contributed by atoms with E-state index >= 15 is 0 Å². The Balaban J connectivity index is 2.00. The van der Waals surface area contributed by atoms with Gasteiger partial charge in [-0.3, -0.25) is 9.59 Å². The van der Waals surface area contributed by atoms with Gasteiger partial charge in [0, 0.05) is 37.8 Å². The van der Waals surface area contributed by atoms with Crippen LogP contribution in [0.1, 0.15) is 69.7 Å². The Morgan fingerprint density at radius 1 is 1.00 bits per heavy atom. The predicted molar refractivity (Wildman–Crippen MR) is 128 cm³/mol. The minimum absolute atomic E-state index is 0.174. The molecule has 9 heteroatoms. The second-order valence-electron chi connectivity index (χ2n) is 9.03. The van der Waals surface area contributed by atoms with Crippen molar-refractivity contribution in [2.75, 3.05) is 44.2 Å². The van der Waals surface area contributed by atoms with E-state index in [9.17, 15) is 18.0 Å². The second-order valence-corrected chi connectivity index (χ2v) is 10.9. The number of amides is 1. The number of anilines is 1. The topological polar surface area (TPSA) is 87.2 Å². The molecule has 1 aromatic carbocycles. The summed E-state index contributed by atoms with van der Waals surface area (Å²) >= 11 is 0. The molecule has 0 aromatic heterocycles. The summed E-state index contributed by atoms with van der Waals surface area (Å²) in [5.41, 5.74) is 0.933. The van der Waals surface area contributed by atoms with E-state index in [-0.39, 0.29) is 35.6 Å². The first-order chi connectivity index (χ1) is 15.8. The molecule has 0 spiro atoms. The van der Waals surface area contributed by atoms with Gasteiger partial charge in [-0.25, -0.2) is 8.42 Å². The molecular weight excluding hydrogens is 442 g/mol. The number of esters is 1. The summed E-state index contributed by atoms with van der Waals surface area (Å²) in [5.74, 6) is -0.857. The van der Waals surface area contributed by atoms with E-state index < -0.39 is 16.0 Å². The number of ether oxygens (including phenoxy) is 1. The van der Waals surface area contributed by atoms with Crippen molar-refractivity contribution < 1.29 is 22.7 Å². The molecule has 33 heavy (non-hydrogen) atoms. The molecule has 0 radical (unpaired) electrons. The zero-order valence-corrected chi connectivity index (χ0v) is 20.9. The Morgan fingerprint density at radius 3 is 2.18 bits per heavy atom. The molecule has 0 atom stereocenters. The van der Waals surface area contributed by atoms with Gasteiger partial charge in [-0.05, 0) is 71.1 Å². The molecule has 1 aromatic rings. The molecule has 2 aliphatic rings. The number of hydrogen-bond donors (Lipinski definition) is 0. The molecular formula is C24H37N3O5S. The Hall–Kier alpha value is -2.13. The third-order valence-electron chi connectivity index (χ3n) is 6.33. The molecule has 2 aliphatic heterocycles. The lowest BCUT2D eigenvalue weighted by Crippen LogP contribution is -2.41. The summed E-state index contributed by atoms with van der Waals surface area (Å²) in [6.45, 7) is 8.04. The average molecular weight is 480 g/mol. The van der Waals surface area contributed by atoms with Crippen LogP contribution < -0.4 is 4.90 Å². The van der Waals surface area contributed by atoms with Gasteiger partial charge in [-0.15, -0.1) is 0 Å². The molecule has 184 valence electrons. The molecule has 0 N–H and O–H groups in total. The molecule has 8 nitrogen and oxygen atoms in total. The van der Waals surface area contributed by atoms with E-state index in [1.54, 1.807) is 23.4 Å². The zero-order valence-electron chi connectivity index (χ0n) is 20.1. The Morgan fingerprint density at radius 2 is 1.61 bits per heavy atom. The van der Waals surface area contributed by atoms with Crippen molar-refractivity contribution in [3.05, 3.63) is 23.8 Å². The van der Waals surface area contributed by atoms with Gasteiger partial charge in [-0.2, -0.15) is 4.31 Å². The maximum Gasteiger partial charge on any atom is 0.325 e. The third kappa shape index (κ3) is 6.06. The minimum atomic E-state index is -3.75. The van der Waals surface area contributed by atoms with Crippen molar-refractivity contribution in [3.8, 4) is 0 Å². The number of rotatable bonds is 8. The second kappa shape index (κ2) is 11.3. The van der Waals surface area contributed by atoms with Crippen LogP contribution in [0, 0.1) is 0 Å². The number of hydrogen-bond acceptors (Lipinski definition) is 6. The number of benzene rings is 1. The van der Waals surface area contributed by atoms with Crippen LogP contribution in [-0.4, -0.2) is 74.9 Å². The van der Waals surface area contributed by atoms with Gasteiger partial charge in [0.25, 0.3) is 5.91 Å². The monoisotopic (exact) mass is 479 g/mol. The summed E-state index contributed by atoms with van der Waals surface area (Å²) in [5, 5.41) is 0. The van der Waals surface area contributed by atoms with Crippen LogP contribution >= 0.6 is 0 Å². The number of carbonyl (C=O) groups is 2. The van der Waals surface area contributed by atoms with E-state index in [4.69, 9.17) is 4.74 Å². The van der Waals surface area contributed by atoms with Gasteiger partial charge < -0.3 is 14.5 Å². The lowest BCUT2D eigenvalue weighted by atomic mass is 10.1. The Kier molecular flexibility index (Phi) is 8.75. The van der Waals surface area contributed by atoms with Crippen molar-refractivity contribution in [3.63, 3.8) is 0 Å². The van der Waals surface area contributed by atoms with Crippen LogP contribution in [0.5, 0.6) is 0 Å². The fourth-order valence-electron chi connectivity index (χ4n) is 4.49. The normalized spacial score (nSPS) is 17.8. The summed E-state index contributed by atoms with van der Waals surface area (Å²) in [7, 11) is -3.75. The molecule has 0 unspecified atom stereocenters. The van der Waals surface area contributed by atoms with Crippen molar-refractivity contribution in [1.82, 2.24) is 9.21 Å². The molecule has 1 amide bonds. The highest BCUT2D eigenvalue weighted by atomic mass is 32.2. The van der Waals surface area contributed by atoms with Crippen molar-refractivity contribution >= 4 is 27.6 Å². The Labute approximate surface area is 197 Å². The zero-order chi connectivity index (χ0) is 24.0. The molecule has 0 bridgehead atoms. The maximum absolute atomic E-state index is 13.7. The van der Waals surface area contributed by atoms with Gasteiger partial charge in [0.15, 0.2) is 0 Å². The quantitative estimate of drug-likeness (QED) is 0.532. The third-order valence-corrected chi connectivity index (χ3v) is 8.25. The lowest BCUT2D eigenvalue weighted by molar-refractivity contribution is -0.144. The highest BCUT2D eigenvalue weighted by Gasteiger charge is 2.32. The summed E-state index contributed by atoms with van der Waals surface area (Å²) in [6, 6.07) is 4.71. The fraction of sp³-hybridized carbons (Fsp3) is 0.667. The van der Waals surface area contributed by atoms with Gasteiger partial charge >= 0.3 is 5.97 Å². The number of carbonyl (C=O) groups excluding carboxylic acids is 2. The van der Waals surface area contributed by atoms with E-state index in [2.05, 4.69) is 4.90 Å². The Bertz CT molecular complexity index is 935. The van der Waals surface area contributed by atoms with Crippen LogP contribution in [-0.2, 0) is 19.6 Å². The van der Waals surface area contributed by atoms with E-state index in [0.29, 0.717) is 18.8 Å². The molecule has 2 fully saturated rings. The van der Waals surface area contributed by atoms with Crippen LogP contribution in [0.2, 0.25) is 0 Å². The number of nitrogens with zero attached hydrogens (tertiary/aromatic N) is 3. The van der Waals surface area contributed by atoms with Gasteiger partial charge in [0.2, 0.25) is 10.0 Å². The van der Waals surface area contributed by atoms with Gasteiger partial charge in [-0.1, -0.05) is 6.42 Å². The predicted octanol–water partition coefficient (Wildman–Crippen LogP) is 3.27. The smallest absolute Gasteiger partial charge is 0.325 e. The lowest BCUT2D eigenvalue weighted by Gasteiger charge is -2.33. The SMILES string of the molecule is CCOC(=O)CN(C(=O)c1ccc(N2CCCCC2)c(S(=O)(=O)N2CCCCC2)c1)C(C)C. The highest BCUT2D eigenvalue weighted by Crippen LogP contribution is 2.32. The number of sulfonamides is 1. The van der Waals surface area contributed by atoms with Crippen molar-refractivity contribution in [1.29, 1.82) is 0 Å². The molecule has 3 rings (SSSR count). The molecule has 0 saturated carbocycles. The summed E-state index contributed by atoms with van der Waals surface area (Å²) in [4.78, 5) is 29.2. The molecule has 2 saturated heterocycles. The maximum atomic E-state index is 13.7. The van der Waals surface area contributed by atoms with Crippen LogP contribution in [0.15, 0.2) is 23.1 Å². The van der Waals surface area contributed by atoms with E-state index in [1.165, 1.54) is 11.0 Å². The van der Waals surface area contributed by atoms with Crippen LogP contribution in [0.25, 0.3) is 0 Å². The van der Waals surface area contributed by atoms with Crippen LogP contribution in [0.3, 0.4) is 0 Å². The van der Waals surface area contributed by atoms with Gasteiger partial charge in [0.1, 0.15) is 11.4 Å². The van der Waals surface area contributed by atoms with E-state index in [1.807, 2.05) is 13.8 Å². The largest absolute Gasteiger partial charge is 0.465 e. The standard InChI is InChI=1S/C24H37N3O5S/c1-4-32-23(28)18-27(19(2)3)24(29)20-11-12-21(25-13-7-5-8-14-25)22(17-20)33(30,31)26-15-9-6-10-16-26/h11-12,17,19H,4-10,13-16,18H2,1-3H3. The summed E-state index contributed by atoms with van der Waals surface area (Å²) in [6.07, 6.45) is 5.89. The van der Waals surface area contributed by atoms with Crippen molar-refractivity contribution in [2.45, 2.75) is 70.2 Å². The first-order valence-corrected chi connectivity index (χ1v) is 13.6. The average Bonchev–Trinajstić information content (AvgIpc) is 2.83. The summed E-state index contributed by atoms with van der Waals surface area (Å²) < 4.78 is 34.0. The van der Waals surface area contributed by atoms with Gasteiger partial charge in [0.05, 0.1) is 12.3 Å². The fourth-order valence-corrected chi connectivity index (χ4v) is 6.25. The minimum Gasteiger partial charge on any atom is -0.465 e. The first-order valence-electron chi connectivity index (χ1n) is 12.1. The van der Waals surface area contributed by atoms with Crippen molar-refractivity contribution in [2.24, 2.45) is 0 Å².